The lowest BCUT2D eigenvalue weighted by molar-refractivity contribution is 0.569. The van der Waals surface area contributed by atoms with E-state index in [9.17, 15) is 0 Å². The molecule has 0 aromatic carbocycles. The summed E-state index contributed by atoms with van der Waals surface area (Å²) < 4.78 is 1.88. The molecule has 0 spiro atoms. The van der Waals surface area contributed by atoms with E-state index in [1.165, 1.54) is 0 Å². The Morgan fingerprint density at radius 2 is 2.29 bits per heavy atom. The van der Waals surface area contributed by atoms with Crippen LogP contribution in [0.25, 0.3) is 16.8 Å². The van der Waals surface area contributed by atoms with Gasteiger partial charge in [-0.1, -0.05) is 6.92 Å². The Hall–Kier alpha value is -2.02. The number of nitrogens with zero attached hydrogens (tertiary/aromatic N) is 5. The Bertz CT molecular complexity index is 653. The van der Waals surface area contributed by atoms with Gasteiger partial charge in [0.15, 0.2) is 11.3 Å². The highest BCUT2D eigenvalue weighted by Crippen LogP contribution is 2.14. The molecule has 0 amide bonds. The number of hydrogen-bond donors (Lipinski definition) is 2. The van der Waals surface area contributed by atoms with E-state index in [0.717, 1.165) is 23.4 Å². The second kappa shape index (κ2) is 3.77. The Morgan fingerprint density at radius 3 is 3.12 bits per heavy atom. The van der Waals surface area contributed by atoms with E-state index in [1.807, 2.05) is 4.40 Å². The molecule has 88 valence electrons. The van der Waals surface area contributed by atoms with E-state index in [0.29, 0.717) is 18.1 Å². The van der Waals surface area contributed by atoms with Crippen LogP contribution in [0.5, 0.6) is 0 Å². The molecule has 17 heavy (non-hydrogen) atoms. The molecule has 3 aromatic heterocycles. The minimum Gasteiger partial charge on any atom is -0.340 e. The van der Waals surface area contributed by atoms with Gasteiger partial charge in [0.05, 0.1) is 6.33 Å². The van der Waals surface area contributed by atoms with Crippen molar-refractivity contribution in [3.8, 4) is 0 Å². The van der Waals surface area contributed by atoms with E-state index in [2.05, 4.69) is 32.1 Å². The monoisotopic (exact) mass is 231 g/mol. The van der Waals surface area contributed by atoms with Crippen molar-refractivity contribution in [2.45, 2.75) is 13.3 Å². The van der Waals surface area contributed by atoms with Gasteiger partial charge >= 0.3 is 0 Å². The smallest absolute Gasteiger partial charge is 0.189 e. The summed E-state index contributed by atoms with van der Waals surface area (Å²) in [5, 5.41) is 8.35. The first kappa shape index (κ1) is 10.2. The van der Waals surface area contributed by atoms with Gasteiger partial charge < -0.3 is 10.7 Å². The van der Waals surface area contributed by atoms with Crippen LogP contribution in [0.15, 0.2) is 12.7 Å². The Balaban J connectivity index is 2.15. The molecule has 0 saturated carbocycles. The largest absolute Gasteiger partial charge is 0.340 e. The molecule has 3 N–H and O–H groups in total. The minimum absolute atomic E-state index is 0.375. The van der Waals surface area contributed by atoms with Gasteiger partial charge in [-0.15, -0.1) is 10.2 Å². The molecule has 0 aliphatic rings. The maximum atomic E-state index is 5.62. The summed E-state index contributed by atoms with van der Waals surface area (Å²) in [4.78, 5) is 11.4. The molecule has 1 atom stereocenters. The summed E-state index contributed by atoms with van der Waals surface area (Å²) in [7, 11) is 0. The van der Waals surface area contributed by atoms with E-state index in [1.54, 1.807) is 12.7 Å². The van der Waals surface area contributed by atoms with Gasteiger partial charge in [-0.2, -0.15) is 0 Å². The second-order valence-corrected chi connectivity index (χ2v) is 4.20. The molecule has 0 aliphatic carbocycles. The number of nitrogens with one attached hydrogen (secondary N) is 1. The molecular formula is C10H13N7. The first-order valence-electron chi connectivity index (χ1n) is 5.51. The van der Waals surface area contributed by atoms with Crippen LogP contribution in [0.2, 0.25) is 0 Å². The average Bonchev–Trinajstić information content (AvgIpc) is 2.94. The van der Waals surface area contributed by atoms with Gasteiger partial charge in [-0.05, 0) is 12.5 Å². The van der Waals surface area contributed by atoms with Gasteiger partial charge in [-0.25, -0.2) is 9.97 Å². The standard InChI is InChI=1S/C10H13N7/c1-6(3-11)2-7-15-16-10-8-9(13-4-12-8)14-5-17(7)10/h4-6H,2-3,11H2,1H3,(H,12,13). The number of rotatable bonds is 3. The third-order valence-electron chi connectivity index (χ3n) is 2.84. The van der Waals surface area contributed by atoms with Crippen molar-refractivity contribution in [3.05, 3.63) is 18.5 Å². The van der Waals surface area contributed by atoms with Crippen molar-refractivity contribution in [2.75, 3.05) is 6.54 Å². The Kier molecular flexibility index (Phi) is 2.25. The molecule has 3 rings (SSSR count). The summed E-state index contributed by atoms with van der Waals surface area (Å²) in [5.74, 6) is 1.25. The molecule has 0 aliphatic heterocycles. The molecule has 3 heterocycles. The van der Waals surface area contributed by atoms with Crippen LogP contribution >= 0.6 is 0 Å². The molecule has 0 fully saturated rings. The maximum Gasteiger partial charge on any atom is 0.189 e. The van der Waals surface area contributed by atoms with Crippen molar-refractivity contribution >= 4 is 16.8 Å². The number of imidazole rings is 1. The third kappa shape index (κ3) is 1.55. The zero-order chi connectivity index (χ0) is 11.8. The number of fused-ring (bicyclic) bond motifs is 3. The van der Waals surface area contributed by atoms with E-state index in [4.69, 9.17) is 5.73 Å². The molecule has 0 saturated heterocycles. The summed E-state index contributed by atoms with van der Waals surface area (Å²) in [5.41, 5.74) is 7.84. The number of aromatic nitrogens is 6. The highest BCUT2D eigenvalue weighted by atomic mass is 15.3. The Morgan fingerprint density at radius 1 is 1.41 bits per heavy atom. The van der Waals surface area contributed by atoms with Gasteiger partial charge in [0, 0.05) is 6.42 Å². The van der Waals surface area contributed by atoms with Crippen LogP contribution in [0, 0.1) is 5.92 Å². The lowest BCUT2D eigenvalue weighted by atomic mass is 10.1. The van der Waals surface area contributed by atoms with Crippen LogP contribution in [0.3, 0.4) is 0 Å². The normalized spacial score (nSPS) is 13.5. The van der Waals surface area contributed by atoms with Crippen molar-refractivity contribution < 1.29 is 0 Å². The maximum absolute atomic E-state index is 5.62. The van der Waals surface area contributed by atoms with Crippen molar-refractivity contribution in [1.82, 2.24) is 29.5 Å². The minimum atomic E-state index is 0.375. The van der Waals surface area contributed by atoms with Crippen LogP contribution in [0.1, 0.15) is 12.7 Å². The first-order valence-corrected chi connectivity index (χ1v) is 5.51. The van der Waals surface area contributed by atoms with Gasteiger partial charge in [-0.3, -0.25) is 4.40 Å². The van der Waals surface area contributed by atoms with E-state index >= 15 is 0 Å². The van der Waals surface area contributed by atoms with Crippen LogP contribution in [-0.4, -0.2) is 36.1 Å². The SMILES string of the molecule is CC(CN)Cc1nnc2c3[nH]cnc3ncn12. The van der Waals surface area contributed by atoms with Crippen LogP contribution in [0.4, 0.5) is 0 Å². The van der Waals surface area contributed by atoms with Gasteiger partial charge in [0.2, 0.25) is 0 Å². The molecule has 0 radical (unpaired) electrons. The summed E-state index contributed by atoms with van der Waals surface area (Å²) in [6.07, 6.45) is 4.10. The lowest BCUT2D eigenvalue weighted by Gasteiger charge is -2.05. The van der Waals surface area contributed by atoms with Crippen LogP contribution in [-0.2, 0) is 6.42 Å². The first-order chi connectivity index (χ1) is 8.29. The predicted octanol–water partition coefficient (Wildman–Crippen LogP) is 0.138. The molecule has 7 nitrogen and oxygen atoms in total. The quantitative estimate of drug-likeness (QED) is 0.668. The third-order valence-corrected chi connectivity index (χ3v) is 2.84. The zero-order valence-electron chi connectivity index (χ0n) is 9.46. The fourth-order valence-electron chi connectivity index (χ4n) is 1.81. The predicted molar refractivity (Wildman–Crippen MR) is 62.4 cm³/mol. The molecule has 3 aromatic rings. The van der Waals surface area contributed by atoms with E-state index < -0.39 is 0 Å². The van der Waals surface area contributed by atoms with Crippen LogP contribution < -0.4 is 5.73 Å². The zero-order valence-corrected chi connectivity index (χ0v) is 9.46. The molecule has 7 heteroatoms. The highest BCUT2D eigenvalue weighted by Gasteiger charge is 2.12. The number of nitrogens with two attached hydrogens (primary N) is 1. The van der Waals surface area contributed by atoms with Crippen molar-refractivity contribution in [3.63, 3.8) is 0 Å². The fraction of sp³-hybridized carbons (Fsp3) is 0.400. The summed E-state index contributed by atoms with van der Waals surface area (Å²) in [6, 6.07) is 0. The van der Waals surface area contributed by atoms with Gasteiger partial charge in [0.1, 0.15) is 17.7 Å². The highest BCUT2D eigenvalue weighted by molar-refractivity contribution is 5.84. The van der Waals surface area contributed by atoms with Crippen molar-refractivity contribution in [2.24, 2.45) is 11.7 Å². The van der Waals surface area contributed by atoms with E-state index in [-0.39, 0.29) is 0 Å². The number of aromatic amines is 1. The molecular weight excluding hydrogens is 218 g/mol. The summed E-state index contributed by atoms with van der Waals surface area (Å²) >= 11 is 0. The molecule has 0 bridgehead atoms. The second-order valence-electron chi connectivity index (χ2n) is 4.20. The topological polar surface area (TPSA) is 97.8 Å². The van der Waals surface area contributed by atoms with Gasteiger partial charge in [0.25, 0.3) is 0 Å². The number of H-pyrrole nitrogens is 1. The summed E-state index contributed by atoms with van der Waals surface area (Å²) in [6.45, 7) is 2.72. The average molecular weight is 231 g/mol. The Labute approximate surface area is 97.1 Å². The molecule has 1 unspecified atom stereocenters. The lowest BCUT2D eigenvalue weighted by Crippen LogP contribution is -2.14. The van der Waals surface area contributed by atoms with Crippen molar-refractivity contribution in [1.29, 1.82) is 0 Å². The number of hydrogen-bond acceptors (Lipinski definition) is 5. The fourth-order valence-corrected chi connectivity index (χ4v) is 1.81.